The highest BCUT2D eigenvalue weighted by molar-refractivity contribution is 6.04. The fourth-order valence-corrected chi connectivity index (χ4v) is 1.94. The number of ether oxygens (including phenoxy) is 1. The summed E-state index contributed by atoms with van der Waals surface area (Å²) >= 11 is 0. The van der Waals surface area contributed by atoms with Crippen LogP contribution in [0.5, 0.6) is 5.88 Å². The van der Waals surface area contributed by atoms with Crippen LogP contribution in [0, 0.1) is 0 Å². The summed E-state index contributed by atoms with van der Waals surface area (Å²) in [6.07, 6.45) is -1.81. The molecule has 10 heteroatoms. The van der Waals surface area contributed by atoms with E-state index in [2.05, 4.69) is 32.3 Å². The molecule has 2 aromatic rings. The van der Waals surface area contributed by atoms with Gasteiger partial charge in [-0.1, -0.05) is 6.08 Å². The molecule has 1 aromatic carbocycles. The lowest BCUT2D eigenvalue weighted by atomic mass is 10.2. The molecule has 0 aliphatic carbocycles. The summed E-state index contributed by atoms with van der Waals surface area (Å²) < 4.78 is 40.8. The van der Waals surface area contributed by atoms with Crippen molar-refractivity contribution in [1.82, 2.24) is 10.3 Å². The van der Waals surface area contributed by atoms with Crippen molar-refractivity contribution in [3.8, 4) is 5.88 Å². The molecule has 0 aliphatic rings. The number of amides is 3. The predicted octanol–water partition coefficient (Wildman–Crippen LogP) is 3.58. The zero-order valence-electron chi connectivity index (χ0n) is 14.5. The molecule has 0 aliphatic heterocycles. The van der Waals surface area contributed by atoms with Gasteiger partial charge in [0, 0.05) is 30.2 Å². The van der Waals surface area contributed by atoms with Crippen molar-refractivity contribution >= 4 is 23.3 Å². The minimum atomic E-state index is -4.47. The van der Waals surface area contributed by atoms with Gasteiger partial charge >= 0.3 is 12.2 Å². The van der Waals surface area contributed by atoms with Gasteiger partial charge in [0.05, 0.1) is 5.56 Å². The van der Waals surface area contributed by atoms with Gasteiger partial charge in [-0.25, -0.2) is 9.78 Å². The normalized spacial score (nSPS) is 10.7. The Morgan fingerprint density at radius 1 is 1.07 bits per heavy atom. The smallest absolute Gasteiger partial charge is 0.422 e. The van der Waals surface area contributed by atoms with Crippen LogP contribution in [0.4, 0.5) is 29.3 Å². The monoisotopic (exact) mass is 394 g/mol. The number of aromatic nitrogens is 1. The molecule has 1 aromatic heterocycles. The van der Waals surface area contributed by atoms with Crippen LogP contribution in [-0.4, -0.2) is 36.3 Å². The van der Waals surface area contributed by atoms with Crippen LogP contribution >= 0.6 is 0 Å². The van der Waals surface area contributed by atoms with E-state index in [-0.39, 0.29) is 11.4 Å². The number of pyridine rings is 1. The van der Waals surface area contributed by atoms with Gasteiger partial charge in [-0.05, 0) is 30.3 Å². The maximum absolute atomic E-state index is 12.2. The molecule has 28 heavy (non-hydrogen) atoms. The van der Waals surface area contributed by atoms with Crippen molar-refractivity contribution in [3.05, 3.63) is 60.8 Å². The number of alkyl halides is 3. The fourth-order valence-electron chi connectivity index (χ4n) is 1.94. The van der Waals surface area contributed by atoms with Crippen LogP contribution in [-0.2, 0) is 0 Å². The van der Waals surface area contributed by atoms with Crippen LogP contribution < -0.4 is 20.7 Å². The Hall–Kier alpha value is -3.56. The first-order valence-electron chi connectivity index (χ1n) is 7.99. The molecule has 0 radical (unpaired) electrons. The number of anilines is 2. The molecule has 3 amide bonds. The third-order valence-electron chi connectivity index (χ3n) is 3.19. The zero-order valence-corrected chi connectivity index (χ0v) is 14.5. The van der Waals surface area contributed by atoms with Gasteiger partial charge in [-0.15, -0.1) is 6.58 Å². The highest BCUT2D eigenvalue weighted by atomic mass is 19.4. The van der Waals surface area contributed by atoms with E-state index in [1.807, 2.05) is 0 Å². The minimum Gasteiger partial charge on any atom is -0.468 e. The Kier molecular flexibility index (Phi) is 6.96. The van der Waals surface area contributed by atoms with Gasteiger partial charge in [-0.2, -0.15) is 13.2 Å². The number of nitrogens with zero attached hydrogens (tertiary/aromatic N) is 1. The van der Waals surface area contributed by atoms with Crippen molar-refractivity contribution in [2.24, 2.45) is 0 Å². The van der Waals surface area contributed by atoms with Crippen LogP contribution in [0.25, 0.3) is 0 Å². The van der Waals surface area contributed by atoms with Gasteiger partial charge < -0.3 is 20.7 Å². The zero-order chi connectivity index (χ0) is 20.6. The summed E-state index contributed by atoms with van der Waals surface area (Å²) in [4.78, 5) is 27.4. The van der Waals surface area contributed by atoms with E-state index in [1.165, 1.54) is 12.1 Å². The predicted molar refractivity (Wildman–Crippen MR) is 97.4 cm³/mol. The summed E-state index contributed by atoms with van der Waals surface area (Å²) in [7, 11) is 0. The van der Waals surface area contributed by atoms with E-state index in [4.69, 9.17) is 0 Å². The molecular weight excluding hydrogens is 377 g/mol. The summed E-state index contributed by atoms with van der Waals surface area (Å²) in [6, 6.07) is 8.43. The first kappa shape index (κ1) is 20.7. The number of hydrogen-bond donors (Lipinski definition) is 3. The second-order valence-corrected chi connectivity index (χ2v) is 5.44. The lowest BCUT2D eigenvalue weighted by Gasteiger charge is -2.10. The van der Waals surface area contributed by atoms with Crippen LogP contribution in [0.3, 0.4) is 0 Å². The Labute approximate surface area is 158 Å². The van der Waals surface area contributed by atoms with E-state index < -0.39 is 24.7 Å². The molecule has 0 saturated carbocycles. The largest absolute Gasteiger partial charge is 0.468 e. The average Bonchev–Trinajstić information content (AvgIpc) is 2.66. The maximum atomic E-state index is 12.2. The SMILES string of the molecule is C=CCNC(=O)Nc1ccc(NC(=O)c2ccc(OCC(F)(F)F)nc2)cc1. The van der Waals surface area contributed by atoms with E-state index >= 15 is 0 Å². The molecule has 3 N–H and O–H groups in total. The Morgan fingerprint density at radius 3 is 2.25 bits per heavy atom. The molecule has 148 valence electrons. The van der Waals surface area contributed by atoms with Crippen LogP contribution in [0.1, 0.15) is 10.4 Å². The highest BCUT2D eigenvalue weighted by Crippen LogP contribution is 2.18. The molecule has 0 spiro atoms. The van der Waals surface area contributed by atoms with Crippen molar-refractivity contribution in [2.75, 3.05) is 23.8 Å². The van der Waals surface area contributed by atoms with Crippen LogP contribution in [0.2, 0.25) is 0 Å². The number of nitrogens with one attached hydrogen (secondary N) is 3. The molecule has 0 unspecified atom stereocenters. The molecule has 0 atom stereocenters. The van der Waals surface area contributed by atoms with Gasteiger partial charge in [-0.3, -0.25) is 4.79 Å². The molecule has 0 saturated heterocycles. The molecule has 0 bridgehead atoms. The molecule has 2 rings (SSSR count). The highest BCUT2D eigenvalue weighted by Gasteiger charge is 2.28. The molecule has 0 fully saturated rings. The molecular formula is C18H17F3N4O3. The number of carbonyl (C=O) groups excluding carboxylic acids is 2. The summed E-state index contributed by atoms with van der Waals surface area (Å²) in [6.45, 7) is 2.35. The van der Waals surface area contributed by atoms with E-state index in [0.717, 1.165) is 6.20 Å². The van der Waals surface area contributed by atoms with Gasteiger partial charge in [0.25, 0.3) is 5.91 Å². The lowest BCUT2D eigenvalue weighted by Crippen LogP contribution is -2.28. The number of rotatable bonds is 7. The van der Waals surface area contributed by atoms with Crippen molar-refractivity contribution in [3.63, 3.8) is 0 Å². The number of urea groups is 1. The van der Waals surface area contributed by atoms with Gasteiger partial charge in [0.15, 0.2) is 6.61 Å². The Morgan fingerprint density at radius 2 is 1.71 bits per heavy atom. The van der Waals surface area contributed by atoms with Gasteiger partial charge in [0.1, 0.15) is 0 Å². The van der Waals surface area contributed by atoms with Crippen molar-refractivity contribution < 1.29 is 27.5 Å². The maximum Gasteiger partial charge on any atom is 0.422 e. The van der Waals surface area contributed by atoms with E-state index in [9.17, 15) is 22.8 Å². The first-order chi connectivity index (χ1) is 13.3. The Balaban J connectivity index is 1.90. The second kappa shape index (κ2) is 9.40. The van der Waals surface area contributed by atoms with Crippen molar-refractivity contribution in [2.45, 2.75) is 6.18 Å². The summed E-state index contributed by atoms with van der Waals surface area (Å²) in [5.41, 5.74) is 1.12. The Bertz CT molecular complexity index is 821. The number of hydrogen-bond acceptors (Lipinski definition) is 4. The van der Waals surface area contributed by atoms with Gasteiger partial charge in [0.2, 0.25) is 5.88 Å². The van der Waals surface area contributed by atoms with E-state index in [1.54, 1.807) is 30.3 Å². The van der Waals surface area contributed by atoms with E-state index in [0.29, 0.717) is 17.9 Å². The minimum absolute atomic E-state index is 0.144. The fraction of sp³-hybridized carbons (Fsp3) is 0.167. The standard InChI is InChI=1S/C18H17F3N4O3/c1-2-9-22-17(27)25-14-6-4-13(5-7-14)24-16(26)12-3-8-15(23-10-12)28-11-18(19,20)21/h2-8,10H,1,9,11H2,(H,24,26)(H2,22,25,27). The first-order valence-corrected chi connectivity index (χ1v) is 7.99. The topological polar surface area (TPSA) is 92.4 Å². The molecule has 1 heterocycles. The number of benzene rings is 1. The van der Waals surface area contributed by atoms with Crippen molar-refractivity contribution in [1.29, 1.82) is 0 Å². The second-order valence-electron chi connectivity index (χ2n) is 5.44. The quantitative estimate of drug-likeness (QED) is 0.626. The third-order valence-corrected chi connectivity index (χ3v) is 3.19. The van der Waals surface area contributed by atoms with Crippen LogP contribution in [0.15, 0.2) is 55.3 Å². The number of carbonyl (C=O) groups is 2. The lowest BCUT2D eigenvalue weighted by molar-refractivity contribution is -0.154. The average molecular weight is 394 g/mol. The molecule has 7 nitrogen and oxygen atoms in total. The summed E-state index contributed by atoms with van der Waals surface area (Å²) in [5.74, 6) is -0.738. The number of halogens is 3. The third kappa shape index (κ3) is 6.98. The summed E-state index contributed by atoms with van der Waals surface area (Å²) in [5, 5.41) is 7.76.